The van der Waals surface area contributed by atoms with Gasteiger partial charge < -0.3 is 9.47 Å². The fourth-order valence-electron chi connectivity index (χ4n) is 3.81. The van der Waals surface area contributed by atoms with Gasteiger partial charge in [-0.1, -0.05) is 20.8 Å². The Bertz CT molecular complexity index is 352. The lowest BCUT2D eigenvalue weighted by Gasteiger charge is -2.38. The number of Topliss-reactive ketones (excluding diaryl/α,β-unsaturated/α-hetero) is 1. The minimum Gasteiger partial charge on any atom is -0.377 e. The van der Waals surface area contributed by atoms with E-state index in [0.29, 0.717) is 17.1 Å². The van der Waals surface area contributed by atoms with E-state index in [-0.39, 0.29) is 18.1 Å². The van der Waals surface area contributed by atoms with Gasteiger partial charge in [-0.2, -0.15) is 0 Å². The van der Waals surface area contributed by atoms with Gasteiger partial charge in [0.15, 0.2) is 0 Å². The third-order valence-electron chi connectivity index (χ3n) is 5.36. The zero-order valence-electron chi connectivity index (χ0n) is 14.2. The van der Waals surface area contributed by atoms with Crippen LogP contribution in [-0.4, -0.2) is 56.7 Å². The van der Waals surface area contributed by atoms with E-state index >= 15 is 0 Å². The molecule has 1 aliphatic heterocycles. The molecule has 4 atom stereocenters. The molecule has 2 aliphatic rings. The summed E-state index contributed by atoms with van der Waals surface area (Å²) in [7, 11) is 3.48. The van der Waals surface area contributed by atoms with Gasteiger partial charge >= 0.3 is 0 Å². The van der Waals surface area contributed by atoms with Crippen molar-refractivity contribution >= 4 is 5.78 Å². The third kappa shape index (κ3) is 4.05. The maximum absolute atomic E-state index is 12.3. The number of hydrogen-bond donors (Lipinski definition) is 0. The summed E-state index contributed by atoms with van der Waals surface area (Å²) in [5.41, 5.74) is 0.300. The normalized spacial score (nSPS) is 35.4. The first kappa shape index (κ1) is 16.9. The molecular formula is C17H31NO3. The van der Waals surface area contributed by atoms with Gasteiger partial charge in [0.1, 0.15) is 5.78 Å². The number of hydrogen-bond acceptors (Lipinski definition) is 4. The van der Waals surface area contributed by atoms with Crippen LogP contribution in [0.5, 0.6) is 0 Å². The third-order valence-corrected chi connectivity index (χ3v) is 5.36. The van der Waals surface area contributed by atoms with Crippen LogP contribution >= 0.6 is 0 Å². The predicted molar refractivity (Wildman–Crippen MR) is 83.3 cm³/mol. The molecule has 21 heavy (non-hydrogen) atoms. The topological polar surface area (TPSA) is 38.8 Å². The van der Waals surface area contributed by atoms with Crippen molar-refractivity contribution in [1.82, 2.24) is 4.90 Å². The summed E-state index contributed by atoms with van der Waals surface area (Å²) in [4.78, 5) is 14.6. The Hall–Kier alpha value is -0.450. The van der Waals surface area contributed by atoms with Crippen LogP contribution in [0.25, 0.3) is 0 Å². The van der Waals surface area contributed by atoms with Gasteiger partial charge in [0.05, 0.1) is 12.2 Å². The molecule has 0 aromatic heterocycles. The number of ether oxygens (including phenoxy) is 2. The fraction of sp³-hybridized carbons (Fsp3) is 0.941. The Labute approximate surface area is 129 Å². The molecule has 1 heterocycles. The quantitative estimate of drug-likeness (QED) is 0.798. The van der Waals surface area contributed by atoms with E-state index in [1.165, 1.54) is 0 Å². The van der Waals surface area contributed by atoms with E-state index in [4.69, 9.17) is 9.47 Å². The molecule has 0 N–H and O–H groups in total. The van der Waals surface area contributed by atoms with Crippen LogP contribution in [0.3, 0.4) is 0 Å². The maximum atomic E-state index is 12.3. The highest BCUT2D eigenvalue weighted by Gasteiger charge is 2.39. The second kappa shape index (κ2) is 6.76. The highest BCUT2D eigenvalue weighted by molar-refractivity contribution is 5.82. The Morgan fingerprint density at radius 1 is 1.14 bits per heavy atom. The number of methoxy groups -OCH3 is 2. The standard InChI is InChI=1S/C17H31NO3/c1-17(2,3)13-6-7-14(19)12(8-13)9-18-10-15(20-4)16(11-18)21-5/h12-13,15-16H,6-11H2,1-5H3. The van der Waals surface area contributed by atoms with Crippen molar-refractivity contribution in [2.75, 3.05) is 33.9 Å². The van der Waals surface area contributed by atoms with E-state index < -0.39 is 0 Å². The molecule has 0 aromatic rings. The zero-order valence-corrected chi connectivity index (χ0v) is 14.2. The van der Waals surface area contributed by atoms with Gasteiger partial charge in [0.25, 0.3) is 0 Å². The number of rotatable bonds is 4. The van der Waals surface area contributed by atoms with Crippen molar-refractivity contribution in [2.45, 2.75) is 52.2 Å². The first-order valence-corrected chi connectivity index (χ1v) is 8.15. The molecule has 0 bridgehead atoms. The zero-order chi connectivity index (χ0) is 15.6. The lowest BCUT2D eigenvalue weighted by Crippen LogP contribution is -2.39. The first-order valence-electron chi connectivity index (χ1n) is 8.15. The van der Waals surface area contributed by atoms with Crippen molar-refractivity contribution in [3.63, 3.8) is 0 Å². The smallest absolute Gasteiger partial charge is 0.137 e. The summed E-state index contributed by atoms with van der Waals surface area (Å²) in [5, 5.41) is 0. The SMILES string of the molecule is COC1CN(CC2CC(C(C)(C)C)CCC2=O)CC1OC. The maximum Gasteiger partial charge on any atom is 0.137 e. The molecular weight excluding hydrogens is 266 g/mol. The van der Waals surface area contributed by atoms with Crippen LogP contribution in [0.4, 0.5) is 0 Å². The molecule has 4 nitrogen and oxygen atoms in total. The van der Waals surface area contributed by atoms with Crippen LogP contribution in [-0.2, 0) is 14.3 Å². The van der Waals surface area contributed by atoms with Crippen molar-refractivity contribution in [1.29, 1.82) is 0 Å². The van der Waals surface area contributed by atoms with Crippen molar-refractivity contribution in [3.05, 3.63) is 0 Å². The van der Waals surface area contributed by atoms with Crippen LogP contribution in [0.2, 0.25) is 0 Å². The largest absolute Gasteiger partial charge is 0.377 e. The predicted octanol–water partition coefficient (Wildman–Crippen LogP) is 2.36. The summed E-state index contributed by atoms with van der Waals surface area (Å²) >= 11 is 0. The molecule has 4 unspecified atom stereocenters. The minimum atomic E-state index is 0.132. The summed E-state index contributed by atoms with van der Waals surface area (Å²) in [6, 6.07) is 0. The minimum absolute atomic E-state index is 0.132. The molecule has 0 aromatic carbocycles. The van der Waals surface area contributed by atoms with Crippen molar-refractivity contribution < 1.29 is 14.3 Å². The molecule has 2 rings (SSSR count). The van der Waals surface area contributed by atoms with E-state index in [1.54, 1.807) is 14.2 Å². The number of nitrogens with zero attached hydrogens (tertiary/aromatic N) is 1. The van der Waals surface area contributed by atoms with Gasteiger partial charge in [0, 0.05) is 46.2 Å². The van der Waals surface area contributed by atoms with Gasteiger partial charge in [-0.3, -0.25) is 9.69 Å². The molecule has 0 amide bonds. The lowest BCUT2D eigenvalue weighted by molar-refractivity contribution is -0.127. The van der Waals surface area contributed by atoms with E-state index in [0.717, 1.165) is 38.9 Å². The number of carbonyl (C=O) groups excluding carboxylic acids is 1. The number of carbonyl (C=O) groups is 1. The molecule has 0 spiro atoms. The van der Waals surface area contributed by atoms with Gasteiger partial charge in [-0.05, 0) is 24.2 Å². The van der Waals surface area contributed by atoms with Gasteiger partial charge in [-0.15, -0.1) is 0 Å². The average Bonchev–Trinajstić information content (AvgIpc) is 2.82. The molecule has 1 saturated carbocycles. The molecule has 4 heteroatoms. The van der Waals surface area contributed by atoms with Crippen LogP contribution < -0.4 is 0 Å². The molecule has 122 valence electrons. The summed E-state index contributed by atoms with van der Waals surface area (Å²) in [5.74, 6) is 1.29. The van der Waals surface area contributed by atoms with Crippen LogP contribution in [0.1, 0.15) is 40.0 Å². The molecule has 0 radical (unpaired) electrons. The summed E-state index contributed by atoms with van der Waals surface area (Å²) in [6.07, 6.45) is 3.11. The summed E-state index contributed by atoms with van der Waals surface area (Å²) in [6.45, 7) is 9.50. The Morgan fingerprint density at radius 2 is 1.71 bits per heavy atom. The van der Waals surface area contributed by atoms with Crippen molar-refractivity contribution in [2.24, 2.45) is 17.3 Å². The highest BCUT2D eigenvalue weighted by atomic mass is 16.5. The Kier molecular flexibility index (Phi) is 5.44. The summed E-state index contributed by atoms with van der Waals surface area (Å²) < 4.78 is 11.0. The second-order valence-corrected chi connectivity index (χ2v) is 7.77. The molecule has 1 aliphatic carbocycles. The second-order valence-electron chi connectivity index (χ2n) is 7.77. The van der Waals surface area contributed by atoms with Gasteiger partial charge in [0.2, 0.25) is 0 Å². The van der Waals surface area contributed by atoms with E-state index in [9.17, 15) is 4.79 Å². The highest BCUT2D eigenvalue weighted by Crippen LogP contribution is 2.39. The molecule has 1 saturated heterocycles. The van der Waals surface area contributed by atoms with Crippen LogP contribution in [0.15, 0.2) is 0 Å². The first-order chi connectivity index (χ1) is 9.85. The molecule has 2 fully saturated rings. The Balaban J connectivity index is 1.94. The Morgan fingerprint density at radius 3 is 2.19 bits per heavy atom. The van der Waals surface area contributed by atoms with Gasteiger partial charge in [-0.25, -0.2) is 0 Å². The number of ketones is 1. The van der Waals surface area contributed by atoms with E-state index in [2.05, 4.69) is 25.7 Å². The average molecular weight is 297 g/mol. The van der Waals surface area contributed by atoms with Crippen LogP contribution in [0, 0.1) is 17.3 Å². The number of likely N-dealkylation sites (tertiary alicyclic amines) is 1. The van der Waals surface area contributed by atoms with E-state index in [1.807, 2.05) is 0 Å². The fourth-order valence-corrected chi connectivity index (χ4v) is 3.81. The lowest BCUT2D eigenvalue weighted by atomic mass is 9.68. The monoisotopic (exact) mass is 297 g/mol. The van der Waals surface area contributed by atoms with Crippen molar-refractivity contribution in [3.8, 4) is 0 Å².